The number of anilines is 2. The molecule has 0 atom stereocenters. The van der Waals surface area contributed by atoms with E-state index in [-0.39, 0.29) is 5.95 Å². The predicted octanol–water partition coefficient (Wildman–Crippen LogP) is 1.62. The maximum atomic E-state index is 5.69. The maximum absolute atomic E-state index is 5.69. The van der Waals surface area contributed by atoms with Crippen LogP contribution < -0.4 is 15.4 Å². The molecule has 0 amide bonds. The zero-order valence-electron chi connectivity index (χ0n) is 10.9. The number of hydrogen-bond acceptors (Lipinski definition) is 6. The first-order valence-electron chi connectivity index (χ1n) is 6.69. The van der Waals surface area contributed by atoms with E-state index in [1.165, 1.54) is 19.3 Å². The first-order chi connectivity index (χ1) is 8.79. The number of rotatable bonds is 6. The molecule has 2 N–H and O–H groups in total. The highest BCUT2D eigenvalue weighted by Crippen LogP contribution is 2.18. The molecule has 0 saturated carbocycles. The number of unbranched alkanes of at least 4 members (excludes halogenated alkanes) is 2. The van der Waals surface area contributed by atoms with Gasteiger partial charge in [-0.25, -0.2) is 0 Å². The number of ether oxygens (including phenoxy) is 1. The number of aromatic nitrogens is 3. The SMILES string of the molecule is CCCCCOc1nc(N)nc(N2CCCC2)n1. The van der Waals surface area contributed by atoms with Crippen LogP contribution in [0, 0.1) is 0 Å². The maximum Gasteiger partial charge on any atom is 0.323 e. The number of hydrogen-bond donors (Lipinski definition) is 1. The zero-order chi connectivity index (χ0) is 12.8. The molecule has 1 saturated heterocycles. The number of nitrogens with two attached hydrogens (primary N) is 1. The van der Waals surface area contributed by atoms with Crippen molar-refractivity contribution in [3.05, 3.63) is 0 Å². The lowest BCUT2D eigenvalue weighted by Gasteiger charge is -2.15. The third kappa shape index (κ3) is 3.45. The van der Waals surface area contributed by atoms with Gasteiger partial charge in [-0.3, -0.25) is 0 Å². The smallest absolute Gasteiger partial charge is 0.323 e. The normalized spacial score (nSPS) is 15.1. The summed E-state index contributed by atoms with van der Waals surface area (Å²) in [4.78, 5) is 14.6. The third-order valence-electron chi connectivity index (χ3n) is 2.99. The second-order valence-electron chi connectivity index (χ2n) is 4.53. The van der Waals surface area contributed by atoms with Crippen LogP contribution in [0.2, 0.25) is 0 Å². The Balaban J connectivity index is 1.97. The van der Waals surface area contributed by atoms with Crippen LogP contribution in [0.5, 0.6) is 6.01 Å². The molecule has 1 aromatic rings. The highest BCUT2D eigenvalue weighted by atomic mass is 16.5. The molecule has 2 heterocycles. The van der Waals surface area contributed by atoms with Crippen molar-refractivity contribution < 1.29 is 4.74 Å². The van der Waals surface area contributed by atoms with Crippen molar-refractivity contribution in [2.75, 3.05) is 30.3 Å². The van der Waals surface area contributed by atoms with Crippen molar-refractivity contribution in [3.8, 4) is 6.01 Å². The van der Waals surface area contributed by atoms with E-state index in [2.05, 4.69) is 26.8 Å². The van der Waals surface area contributed by atoms with Crippen molar-refractivity contribution in [1.29, 1.82) is 0 Å². The Morgan fingerprint density at radius 1 is 1.17 bits per heavy atom. The molecular formula is C12H21N5O. The molecule has 6 heteroatoms. The van der Waals surface area contributed by atoms with E-state index in [1.807, 2.05) is 0 Å². The van der Waals surface area contributed by atoms with Gasteiger partial charge in [-0.2, -0.15) is 15.0 Å². The molecule has 6 nitrogen and oxygen atoms in total. The van der Waals surface area contributed by atoms with Crippen LogP contribution in [0.4, 0.5) is 11.9 Å². The minimum Gasteiger partial charge on any atom is -0.463 e. The Kier molecular flexibility index (Phi) is 4.55. The largest absolute Gasteiger partial charge is 0.463 e. The summed E-state index contributed by atoms with van der Waals surface area (Å²) in [6.45, 7) is 4.76. The average Bonchev–Trinajstić information content (AvgIpc) is 2.88. The lowest BCUT2D eigenvalue weighted by molar-refractivity contribution is 0.282. The second-order valence-corrected chi connectivity index (χ2v) is 4.53. The summed E-state index contributed by atoms with van der Waals surface area (Å²) in [5.74, 6) is 0.878. The summed E-state index contributed by atoms with van der Waals surface area (Å²) in [5, 5.41) is 0. The quantitative estimate of drug-likeness (QED) is 0.774. The Labute approximate surface area is 108 Å². The molecule has 1 fully saturated rings. The summed E-state index contributed by atoms with van der Waals surface area (Å²) in [7, 11) is 0. The van der Waals surface area contributed by atoms with Gasteiger partial charge in [0.1, 0.15) is 0 Å². The van der Waals surface area contributed by atoms with Crippen LogP contribution in [-0.2, 0) is 0 Å². The van der Waals surface area contributed by atoms with Gasteiger partial charge in [0.25, 0.3) is 0 Å². The lowest BCUT2D eigenvalue weighted by Crippen LogP contribution is -2.21. The first kappa shape index (κ1) is 12.9. The summed E-state index contributed by atoms with van der Waals surface area (Å²) in [5.41, 5.74) is 5.69. The first-order valence-corrected chi connectivity index (χ1v) is 6.69. The molecule has 0 aromatic carbocycles. The highest BCUT2D eigenvalue weighted by molar-refractivity contribution is 5.36. The Morgan fingerprint density at radius 2 is 1.94 bits per heavy atom. The molecule has 0 bridgehead atoms. The van der Waals surface area contributed by atoms with Crippen molar-refractivity contribution in [3.63, 3.8) is 0 Å². The van der Waals surface area contributed by atoms with Gasteiger partial charge < -0.3 is 15.4 Å². The lowest BCUT2D eigenvalue weighted by atomic mass is 10.3. The highest BCUT2D eigenvalue weighted by Gasteiger charge is 2.17. The van der Waals surface area contributed by atoms with Gasteiger partial charge in [0.15, 0.2) is 0 Å². The van der Waals surface area contributed by atoms with Crippen molar-refractivity contribution in [2.24, 2.45) is 0 Å². The van der Waals surface area contributed by atoms with E-state index in [1.54, 1.807) is 0 Å². The Bertz CT molecular complexity index is 379. The van der Waals surface area contributed by atoms with Gasteiger partial charge in [-0.05, 0) is 19.3 Å². The average molecular weight is 251 g/mol. The van der Waals surface area contributed by atoms with Gasteiger partial charge >= 0.3 is 6.01 Å². The third-order valence-corrected chi connectivity index (χ3v) is 2.99. The van der Waals surface area contributed by atoms with Crippen LogP contribution in [0.15, 0.2) is 0 Å². The van der Waals surface area contributed by atoms with E-state index in [9.17, 15) is 0 Å². The molecular weight excluding hydrogens is 230 g/mol. The van der Waals surface area contributed by atoms with Crippen LogP contribution >= 0.6 is 0 Å². The predicted molar refractivity (Wildman–Crippen MR) is 70.7 cm³/mol. The van der Waals surface area contributed by atoms with Crippen LogP contribution in [0.25, 0.3) is 0 Å². The molecule has 0 spiro atoms. The molecule has 0 unspecified atom stereocenters. The van der Waals surface area contributed by atoms with Gasteiger partial charge in [0.2, 0.25) is 11.9 Å². The van der Waals surface area contributed by atoms with Gasteiger partial charge in [-0.1, -0.05) is 19.8 Å². The van der Waals surface area contributed by atoms with E-state index >= 15 is 0 Å². The zero-order valence-corrected chi connectivity index (χ0v) is 10.9. The van der Waals surface area contributed by atoms with Crippen LogP contribution in [0.3, 0.4) is 0 Å². The van der Waals surface area contributed by atoms with E-state index in [4.69, 9.17) is 10.5 Å². The van der Waals surface area contributed by atoms with E-state index in [0.717, 1.165) is 25.9 Å². The molecule has 1 aliphatic heterocycles. The summed E-state index contributed by atoms with van der Waals surface area (Å²) in [6.07, 6.45) is 5.69. The molecule has 100 valence electrons. The van der Waals surface area contributed by atoms with Gasteiger partial charge in [0.05, 0.1) is 6.61 Å². The van der Waals surface area contributed by atoms with Crippen molar-refractivity contribution >= 4 is 11.9 Å². The summed E-state index contributed by atoms with van der Waals surface area (Å²) < 4.78 is 5.52. The fourth-order valence-electron chi connectivity index (χ4n) is 2.00. The fraction of sp³-hybridized carbons (Fsp3) is 0.750. The van der Waals surface area contributed by atoms with Crippen LogP contribution in [-0.4, -0.2) is 34.6 Å². The van der Waals surface area contributed by atoms with E-state index < -0.39 is 0 Å². The molecule has 2 rings (SSSR count). The monoisotopic (exact) mass is 251 g/mol. The summed E-state index contributed by atoms with van der Waals surface area (Å²) >= 11 is 0. The number of nitrogens with zero attached hydrogens (tertiary/aromatic N) is 4. The molecule has 1 aliphatic rings. The Morgan fingerprint density at radius 3 is 2.67 bits per heavy atom. The number of nitrogen functional groups attached to an aromatic ring is 1. The van der Waals surface area contributed by atoms with Gasteiger partial charge in [-0.15, -0.1) is 0 Å². The van der Waals surface area contributed by atoms with Crippen LogP contribution in [0.1, 0.15) is 39.0 Å². The minimum atomic E-state index is 0.234. The van der Waals surface area contributed by atoms with Crippen molar-refractivity contribution in [1.82, 2.24) is 15.0 Å². The topological polar surface area (TPSA) is 77.2 Å². The molecule has 18 heavy (non-hydrogen) atoms. The Hall–Kier alpha value is -1.59. The standard InChI is InChI=1S/C12H21N5O/c1-2-3-6-9-18-12-15-10(13)14-11(16-12)17-7-4-5-8-17/h2-9H2,1H3,(H2,13,14,15,16). The minimum absolute atomic E-state index is 0.234. The van der Waals surface area contributed by atoms with Gasteiger partial charge in [0, 0.05) is 13.1 Å². The molecule has 0 aliphatic carbocycles. The fourth-order valence-corrected chi connectivity index (χ4v) is 2.00. The second kappa shape index (κ2) is 6.37. The molecule has 1 aromatic heterocycles. The van der Waals surface area contributed by atoms with Crippen molar-refractivity contribution in [2.45, 2.75) is 39.0 Å². The summed E-state index contributed by atoms with van der Waals surface area (Å²) in [6, 6.07) is 0.348. The van der Waals surface area contributed by atoms with E-state index in [0.29, 0.717) is 18.6 Å². The molecule has 0 radical (unpaired) electrons.